The van der Waals surface area contributed by atoms with Gasteiger partial charge in [-0.2, -0.15) is 0 Å². The Hall–Kier alpha value is -1.62. The number of nitro benzene ring substituents is 1. The van der Waals surface area contributed by atoms with E-state index < -0.39 is 0 Å². The predicted molar refractivity (Wildman–Crippen MR) is 73.6 cm³/mol. The minimum atomic E-state index is -0.372. The Morgan fingerprint density at radius 1 is 1.53 bits per heavy atom. The average molecular weight is 264 g/mol. The zero-order valence-corrected chi connectivity index (χ0v) is 11.2. The molecular weight excluding hydrogens is 244 g/mol. The molecule has 104 valence electrons. The van der Waals surface area contributed by atoms with Crippen LogP contribution in [0.25, 0.3) is 0 Å². The highest BCUT2D eigenvalue weighted by Crippen LogP contribution is 2.30. The Labute approximate surface area is 113 Å². The Bertz CT molecular complexity index is 442. The van der Waals surface area contributed by atoms with Crippen molar-refractivity contribution in [2.45, 2.75) is 38.6 Å². The van der Waals surface area contributed by atoms with Gasteiger partial charge in [0.2, 0.25) is 0 Å². The number of benzene rings is 1. The lowest BCUT2D eigenvalue weighted by atomic mass is 10.1. The van der Waals surface area contributed by atoms with Crippen molar-refractivity contribution in [3.63, 3.8) is 0 Å². The van der Waals surface area contributed by atoms with Gasteiger partial charge in [-0.1, -0.05) is 12.1 Å². The first kappa shape index (κ1) is 13.8. The van der Waals surface area contributed by atoms with Crippen LogP contribution in [0.5, 0.6) is 5.75 Å². The molecule has 5 heteroatoms. The summed E-state index contributed by atoms with van der Waals surface area (Å²) in [6, 6.07) is 5.78. The van der Waals surface area contributed by atoms with E-state index in [0.717, 1.165) is 19.4 Å². The summed E-state index contributed by atoms with van der Waals surface area (Å²) in [7, 11) is 0. The number of ether oxygens (including phenoxy) is 1. The summed E-state index contributed by atoms with van der Waals surface area (Å²) in [5, 5.41) is 14.4. The molecule has 0 aliphatic carbocycles. The van der Waals surface area contributed by atoms with E-state index in [1.165, 1.54) is 12.8 Å². The summed E-state index contributed by atoms with van der Waals surface area (Å²) in [6.07, 6.45) is 4.46. The average Bonchev–Trinajstić information content (AvgIpc) is 2.87. The number of hydrogen-bond donors (Lipinski definition) is 1. The summed E-state index contributed by atoms with van der Waals surface area (Å²) in [4.78, 5) is 10.6. The van der Waals surface area contributed by atoms with E-state index in [-0.39, 0.29) is 10.6 Å². The van der Waals surface area contributed by atoms with Crippen molar-refractivity contribution in [2.75, 3.05) is 13.2 Å². The van der Waals surface area contributed by atoms with Crippen LogP contribution < -0.4 is 10.1 Å². The number of hydrogen-bond acceptors (Lipinski definition) is 4. The summed E-state index contributed by atoms with van der Waals surface area (Å²) in [6.45, 7) is 3.37. The fourth-order valence-electron chi connectivity index (χ4n) is 2.50. The lowest BCUT2D eigenvalue weighted by Crippen LogP contribution is -2.21. The maximum absolute atomic E-state index is 11.0. The van der Waals surface area contributed by atoms with E-state index in [2.05, 4.69) is 5.32 Å². The summed E-state index contributed by atoms with van der Waals surface area (Å²) < 4.78 is 5.57. The SMILES string of the molecule is Cc1cccc(OCCCC2CCCN2)c1[N+](=O)[O-]. The van der Waals surface area contributed by atoms with Crippen LogP contribution in [0.4, 0.5) is 5.69 Å². The number of rotatable bonds is 6. The highest BCUT2D eigenvalue weighted by atomic mass is 16.6. The van der Waals surface area contributed by atoms with E-state index in [4.69, 9.17) is 4.74 Å². The van der Waals surface area contributed by atoms with Gasteiger partial charge in [-0.25, -0.2) is 0 Å². The Kier molecular flexibility index (Phi) is 4.74. The van der Waals surface area contributed by atoms with Crippen LogP contribution in [-0.4, -0.2) is 24.1 Å². The number of nitrogens with one attached hydrogen (secondary N) is 1. The van der Waals surface area contributed by atoms with Gasteiger partial charge < -0.3 is 10.1 Å². The van der Waals surface area contributed by atoms with Gasteiger partial charge in [-0.15, -0.1) is 0 Å². The highest BCUT2D eigenvalue weighted by Gasteiger charge is 2.18. The predicted octanol–water partition coefficient (Wildman–Crippen LogP) is 2.81. The first-order valence-electron chi connectivity index (χ1n) is 6.78. The molecule has 1 atom stereocenters. The lowest BCUT2D eigenvalue weighted by Gasteiger charge is -2.11. The van der Waals surface area contributed by atoms with E-state index in [9.17, 15) is 10.1 Å². The second-order valence-corrected chi connectivity index (χ2v) is 4.96. The van der Waals surface area contributed by atoms with Crippen molar-refractivity contribution >= 4 is 5.69 Å². The Balaban J connectivity index is 1.85. The van der Waals surface area contributed by atoms with Crippen LogP contribution >= 0.6 is 0 Å². The monoisotopic (exact) mass is 264 g/mol. The van der Waals surface area contributed by atoms with Gasteiger partial charge in [0.15, 0.2) is 5.75 Å². The normalized spacial score (nSPS) is 18.5. The van der Waals surface area contributed by atoms with Gasteiger partial charge in [-0.05, 0) is 45.2 Å². The van der Waals surface area contributed by atoms with Gasteiger partial charge in [0.25, 0.3) is 0 Å². The van der Waals surface area contributed by atoms with E-state index in [1.807, 2.05) is 0 Å². The summed E-state index contributed by atoms with van der Waals surface area (Å²) >= 11 is 0. The second-order valence-electron chi connectivity index (χ2n) is 4.96. The van der Waals surface area contributed by atoms with E-state index in [0.29, 0.717) is 24.0 Å². The number of aryl methyl sites for hydroxylation is 1. The Morgan fingerprint density at radius 2 is 2.37 bits per heavy atom. The van der Waals surface area contributed by atoms with Gasteiger partial charge in [0.1, 0.15) is 0 Å². The molecule has 1 heterocycles. The second kappa shape index (κ2) is 6.52. The molecule has 1 unspecified atom stereocenters. The molecule has 2 rings (SSSR count). The molecule has 1 fully saturated rings. The van der Waals surface area contributed by atoms with Crippen LogP contribution in [-0.2, 0) is 0 Å². The number of nitrogens with zero attached hydrogens (tertiary/aromatic N) is 1. The molecular formula is C14H20N2O3. The van der Waals surface area contributed by atoms with Gasteiger partial charge >= 0.3 is 5.69 Å². The first-order chi connectivity index (χ1) is 9.18. The molecule has 1 aliphatic rings. The fraction of sp³-hybridized carbons (Fsp3) is 0.571. The third kappa shape index (κ3) is 3.67. The minimum absolute atomic E-state index is 0.0847. The van der Waals surface area contributed by atoms with Crippen LogP contribution in [0, 0.1) is 17.0 Å². The van der Waals surface area contributed by atoms with Gasteiger partial charge in [-0.3, -0.25) is 10.1 Å². The number of nitro groups is 1. The molecule has 0 amide bonds. The van der Waals surface area contributed by atoms with E-state index in [1.54, 1.807) is 25.1 Å². The van der Waals surface area contributed by atoms with Crippen LogP contribution in [0.1, 0.15) is 31.2 Å². The zero-order chi connectivity index (χ0) is 13.7. The molecule has 1 saturated heterocycles. The molecule has 0 radical (unpaired) electrons. The topological polar surface area (TPSA) is 64.4 Å². The Morgan fingerprint density at radius 3 is 3.05 bits per heavy atom. The molecule has 19 heavy (non-hydrogen) atoms. The molecule has 1 aromatic rings. The lowest BCUT2D eigenvalue weighted by molar-refractivity contribution is -0.386. The fourth-order valence-corrected chi connectivity index (χ4v) is 2.50. The first-order valence-corrected chi connectivity index (χ1v) is 6.78. The molecule has 0 bridgehead atoms. The minimum Gasteiger partial charge on any atom is -0.487 e. The quantitative estimate of drug-likeness (QED) is 0.487. The zero-order valence-electron chi connectivity index (χ0n) is 11.2. The molecule has 0 aromatic heterocycles. The third-order valence-corrected chi connectivity index (χ3v) is 3.50. The van der Waals surface area contributed by atoms with Crippen LogP contribution in [0.3, 0.4) is 0 Å². The van der Waals surface area contributed by atoms with Crippen molar-refractivity contribution in [2.24, 2.45) is 0 Å². The van der Waals surface area contributed by atoms with Crippen molar-refractivity contribution < 1.29 is 9.66 Å². The summed E-state index contributed by atoms with van der Waals surface area (Å²) in [5.41, 5.74) is 0.724. The maximum atomic E-state index is 11.0. The van der Waals surface area contributed by atoms with Crippen molar-refractivity contribution in [1.29, 1.82) is 0 Å². The van der Waals surface area contributed by atoms with Crippen LogP contribution in [0.2, 0.25) is 0 Å². The standard InChI is InChI=1S/C14H20N2O3/c1-11-5-2-8-13(14(11)16(17)18)19-10-4-7-12-6-3-9-15-12/h2,5,8,12,15H,3-4,6-7,9-10H2,1H3. The molecule has 1 aromatic carbocycles. The highest BCUT2D eigenvalue weighted by molar-refractivity contribution is 5.51. The largest absolute Gasteiger partial charge is 0.487 e. The smallest absolute Gasteiger partial charge is 0.313 e. The van der Waals surface area contributed by atoms with Crippen molar-refractivity contribution in [1.82, 2.24) is 5.32 Å². The summed E-state index contributed by atoms with van der Waals surface area (Å²) in [5.74, 6) is 0.379. The molecule has 1 N–H and O–H groups in total. The van der Waals surface area contributed by atoms with Gasteiger partial charge in [0.05, 0.1) is 11.5 Å². The molecule has 1 aliphatic heterocycles. The van der Waals surface area contributed by atoms with E-state index >= 15 is 0 Å². The van der Waals surface area contributed by atoms with Crippen molar-refractivity contribution in [3.05, 3.63) is 33.9 Å². The van der Waals surface area contributed by atoms with Gasteiger partial charge in [0, 0.05) is 11.6 Å². The van der Waals surface area contributed by atoms with Crippen molar-refractivity contribution in [3.8, 4) is 5.75 Å². The van der Waals surface area contributed by atoms with Crippen LogP contribution in [0.15, 0.2) is 18.2 Å². The maximum Gasteiger partial charge on any atom is 0.313 e. The number of para-hydroxylation sites is 1. The molecule has 0 saturated carbocycles. The molecule has 0 spiro atoms. The third-order valence-electron chi connectivity index (χ3n) is 3.50. The molecule has 5 nitrogen and oxygen atoms in total.